The molecule has 2 rings (SSSR count). The van der Waals surface area contributed by atoms with Crippen LogP contribution in [0.15, 0.2) is 51.6 Å². The maximum absolute atomic E-state index is 5.87. The predicted octanol–water partition coefficient (Wildman–Crippen LogP) is 3.22. The monoisotopic (exact) mass is 322 g/mol. The number of likely N-dealkylation sites (N-methyl/N-ethyl adjacent to an activating group) is 1. The Balaban J connectivity index is 1.96. The third kappa shape index (κ3) is 3.93. The van der Waals surface area contributed by atoms with Crippen molar-refractivity contribution in [3.63, 3.8) is 0 Å². The highest BCUT2D eigenvalue weighted by molar-refractivity contribution is 9.10. The average Bonchev–Trinajstić information content (AvgIpc) is 2.85. The summed E-state index contributed by atoms with van der Waals surface area (Å²) < 4.78 is 6.35. The minimum atomic E-state index is 0.120. The SMILES string of the molecule is CN(CCc1ccccc1)C(CN)c1ccc(Br)o1. The minimum absolute atomic E-state index is 0.120. The summed E-state index contributed by atoms with van der Waals surface area (Å²) in [5.41, 5.74) is 7.21. The molecule has 1 aromatic carbocycles. The van der Waals surface area contributed by atoms with Crippen LogP contribution >= 0.6 is 15.9 Å². The molecule has 0 spiro atoms. The molecule has 4 heteroatoms. The van der Waals surface area contributed by atoms with Crippen molar-refractivity contribution in [3.8, 4) is 0 Å². The van der Waals surface area contributed by atoms with E-state index in [0.717, 1.165) is 23.4 Å². The van der Waals surface area contributed by atoms with Crippen molar-refractivity contribution in [1.82, 2.24) is 4.90 Å². The second-order valence-corrected chi connectivity index (χ2v) is 5.39. The minimum Gasteiger partial charge on any atom is -0.453 e. The molecule has 0 saturated carbocycles. The zero-order chi connectivity index (χ0) is 13.7. The number of furan rings is 1. The molecule has 0 aliphatic rings. The number of nitrogens with zero attached hydrogens (tertiary/aromatic N) is 1. The van der Waals surface area contributed by atoms with E-state index in [1.165, 1.54) is 5.56 Å². The lowest BCUT2D eigenvalue weighted by Crippen LogP contribution is -2.31. The molecule has 1 unspecified atom stereocenters. The van der Waals surface area contributed by atoms with Crippen molar-refractivity contribution < 1.29 is 4.42 Å². The van der Waals surface area contributed by atoms with Crippen LogP contribution in [0.1, 0.15) is 17.4 Å². The highest BCUT2D eigenvalue weighted by Crippen LogP contribution is 2.23. The van der Waals surface area contributed by atoms with Gasteiger partial charge in [-0.15, -0.1) is 0 Å². The molecular weight excluding hydrogens is 304 g/mol. The third-order valence-corrected chi connectivity index (χ3v) is 3.70. The smallest absolute Gasteiger partial charge is 0.169 e. The standard InChI is InChI=1S/C15H19BrN2O/c1-18(10-9-12-5-3-2-4-6-12)13(11-17)14-7-8-15(16)19-14/h2-8,13H,9-11,17H2,1H3. The normalized spacial score (nSPS) is 12.8. The van der Waals surface area contributed by atoms with Crippen LogP contribution in [0.4, 0.5) is 0 Å². The van der Waals surface area contributed by atoms with Gasteiger partial charge in [0.15, 0.2) is 4.67 Å². The van der Waals surface area contributed by atoms with E-state index in [9.17, 15) is 0 Å². The first-order valence-electron chi connectivity index (χ1n) is 6.40. The maximum atomic E-state index is 5.87. The van der Waals surface area contributed by atoms with E-state index in [4.69, 9.17) is 10.2 Å². The van der Waals surface area contributed by atoms with Gasteiger partial charge in [-0.1, -0.05) is 30.3 Å². The number of nitrogens with two attached hydrogens (primary N) is 1. The Bertz CT molecular complexity index is 498. The van der Waals surface area contributed by atoms with E-state index < -0.39 is 0 Å². The molecule has 0 bridgehead atoms. The highest BCUT2D eigenvalue weighted by Gasteiger charge is 2.18. The van der Waals surface area contributed by atoms with Crippen molar-refractivity contribution in [2.45, 2.75) is 12.5 Å². The molecule has 3 nitrogen and oxygen atoms in total. The van der Waals surface area contributed by atoms with Gasteiger partial charge in [0.2, 0.25) is 0 Å². The summed E-state index contributed by atoms with van der Waals surface area (Å²) in [6, 6.07) is 14.5. The molecule has 2 N–H and O–H groups in total. The lowest BCUT2D eigenvalue weighted by atomic mass is 10.1. The third-order valence-electron chi connectivity index (χ3n) is 3.27. The van der Waals surface area contributed by atoms with E-state index in [2.05, 4.69) is 52.1 Å². The first kappa shape index (κ1) is 14.3. The van der Waals surface area contributed by atoms with Gasteiger partial charge in [-0.25, -0.2) is 0 Å². The molecule has 1 atom stereocenters. The lowest BCUT2D eigenvalue weighted by molar-refractivity contribution is 0.221. The highest BCUT2D eigenvalue weighted by atomic mass is 79.9. The van der Waals surface area contributed by atoms with Gasteiger partial charge in [0, 0.05) is 13.1 Å². The molecule has 0 saturated heterocycles. The van der Waals surface area contributed by atoms with Crippen LogP contribution in [0.5, 0.6) is 0 Å². The van der Waals surface area contributed by atoms with Crippen molar-refractivity contribution in [2.24, 2.45) is 5.73 Å². The molecule has 1 heterocycles. The van der Waals surface area contributed by atoms with Crippen molar-refractivity contribution >= 4 is 15.9 Å². The summed E-state index contributed by atoms with van der Waals surface area (Å²) in [6.45, 7) is 1.50. The number of halogens is 1. The van der Waals surface area contributed by atoms with Gasteiger partial charge in [-0.05, 0) is 47.1 Å². The molecule has 0 radical (unpaired) electrons. The fourth-order valence-electron chi connectivity index (χ4n) is 2.13. The largest absolute Gasteiger partial charge is 0.453 e. The van der Waals surface area contributed by atoms with Crippen molar-refractivity contribution in [2.75, 3.05) is 20.1 Å². The van der Waals surface area contributed by atoms with E-state index in [1.54, 1.807) is 0 Å². The molecule has 0 fully saturated rings. The molecule has 102 valence electrons. The van der Waals surface area contributed by atoms with Crippen LogP contribution < -0.4 is 5.73 Å². The van der Waals surface area contributed by atoms with Crippen LogP contribution in [0, 0.1) is 0 Å². The fraction of sp³-hybridized carbons (Fsp3) is 0.333. The average molecular weight is 323 g/mol. The van der Waals surface area contributed by atoms with Gasteiger partial charge in [0.05, 0.1) is 6.04 Å². The molecule has 2 aromatic rings. The summed E-state index contributed by atoms with van der Waals surface area (Å²) in [5.74, 6) is 0.907. The Hall–Kier alpha value is -1.10. The number of benzene rings is 1. The van der Waals surface area contributed by atoms with Gasteiger partial charge in [0.25, 0.3) is 0 Å². The summed E-state index contributed by atoms with van der Waals surface area (Å²) in [7, 11) is 2.08. The first-order chi connectivity index (χ1) is 9.20. The van der Waals surface area contributed by atoms with Crippen LogP contribution in [-0.4, -0.2) is 25.0 Å². The molecule has 0 amide bonds. The summed E-state index contributed by atoms with van der Waals surface area (Å²) >= 11 is 3.33. The Morgan fingerprint density at radius 3 is 2.53 bits per heavy atom. The second-order valence-electron chi connectivity index (χ2n) is 4.61. The summed E-state index contributed by atoms with van der Waals surface area (Å²) in [4.78, 5) is 2.23. The van der Waals surface area contributed by atoms with Gasteiger partial charge < -0.3 is 10.2 Å². The van der Waals surface area contributed by atoms with Crippen LogP contribution in [0.2, 0.25) is 0 Å². The zero-order valence-corrected chi connectivity index (χ0v) is 12.6. The Morgan fingerprint density at radius 2 is 1.95 bits per heavy atom. The van der Waals surface area contributed by atoms with E-state index in [-0.39, 0.29) is 6.04 Å². The first-order valence-corrected chi connectivity index (χ1v) is 7.19. The molecular formula is C15H19BrN2O. The van der Waals surface area contributed by atoms with Gasteiger partial charge in [0.1, 0.15) is 5.76 Å². The van der Waals surface area contributed by atoms with E-state index in [1.807, 2.05) is 18.2 Å². The number of hydrogen-bond acceptors (Lipinski definition) is 3. The van der Waals surface area contributed by atoms with Crippen LogP contribution in [0.3, 0.4) is 0 Å². The summed E-state index contributed by atoms with van der Waals surface area (Å²) in [6.07, 6.45) is 1.01. The van der Waals surface area contributed by atoms with Crippen molar-refractivity contribution in [3.05, 3.63) is 58.5 Å². The second kappa shape index (κ2) is 6.89. The Morgan fingerprint density at radius 1 is 1.21 bits per heavy atom. The lowest BCUT2D eigenvalue weighted by Gasteiger charge is -2.25. The van der Waals surface area contributed by atoms with Crippen LogP contribution in [-0.2, 0) is 6.42 Å². The molecule has 0 aliphatic carbocycles. The zero-order valence-electron chi connectivity index (χ0n) is 11.1. The fourth-order valence-corrected chi connectivity index (χ4v) is 2.45. The van der Waals surface area contributed by atoms with Gasteiger partial charge in [-0.3, -0.25) is 4.90 Å². The summed E-state index contributed by atoms with van der Waals surface area (Å²) in [5, 5.41) is 0. The van der Waals surface area contributed by atoms with E-state index >= 15 is 0 Å². The Labute approximate surface area is 122 Å². The number of rotatable bonds is 6. The van der Waals surface area contributed by atoms with Crippen molar-refractivity contribution in [1.29, 1.82) is 0 Å². The van der Waals surface area contributed by atoms with Gasteiger partial charge in [-0.2, -0.15) is 0 Å². The Kier molecular flexibility index (Phi) is 5.19. The van der Waals surface area contributed by atoms with E-state index in [0.29, 0.717) is 6.54 Å². The molecule has 0 aliphatic heterocycles. The molecule has 1 aromatic heterocycles. The topological polar surface area (TPSA) is 42.4 Å². The predicted molar refractivity (Wildman–Crippen MR) is 81.0 cm³/mol. The quantitative estimate of drug-likeness (QED) is 0.887. The molecule has 19 heavy (non-hydrogen) atoms. The number of hydrogen-bond donors (Lipinski definition) is 1. The van der Waals surface area contributed by atoms with Gasteiger partial charge >= 0.3 is 0 Å². The maximum Gasteiger partial charge on any atom is 0.169 e. The van der Waals surface area contributed by atoms with Crippen LogP contribution in [0.25, 0.3) is 0 Å².